The molecule has 0 aliphatic carbocycles. The lowest BCUT2D eigenvalue weighted by Gasteiger charge is -2.21. The second kappa shape index (κ2) is 6.99. The first-order valence-corrected chi connectivity index (χ1v) is 6.83. The van der Waals surface area contributed by atoms with Crippen molar-refractivity contribution >= 4 is 23.1 Å². The lowest BCUT2D eigenvalue weighted by atomic mass is 10.2. The van der Waals surface area contributed by atoms with Crippen LogP contribution in [0.1, 0.15) is 22.5 Å². The summed E-state index contributed by atoms with van der Waals surface area (Å²) in [4.78, 5) is 14.1. The summed E-state index contributed by atoms with van der Waals surface area (Å²) in [6, 6.07) is 9.52. The van der Waals surface area contributed by atoms with Gasteiger partial charge >= 0.3 is 0 Å². The maximum Gasteiger partial charge on any atom is 0.289 e. The first-order chi connectivity index (χ1) is 10.1. The maximum atomic E-state index is 13.7. The van der Waals surface area contributed by atoms with E-state index in [0.717, 1.165) is 0 Å². The summed E-state index contributed by atoms with van der Waals surface area (Å²) in [7, 11) is 0. The van der Waals surface area contributed by atoms with Crippen LogP contribution in [-0.2, 0) is 6.54 Å². The molecule has 110 valence electrons. The predicted octanol–water partition coefficient (Wildman–Crippen LogP) is 2.74. The van der Waals surface area contributed by atoms with E-state index >= 15 is 0 Å². The van der Waals surface area contributed by atoms with Crippen LogP contribution in [0.4, 0.5) is 4.39 Å². The molecular formula is C15H15FN2O2S. The summed E-state index contributed by atoms with van der Waals surface area (Å²) in [6.45, 7) is 0.442. The predicted molar refractivity (Wildman–Crippen MR) is 81.3 cm³/mol. The van der Waals surface area contributed by atoms with E-state index in [2.05, 4.69) is 0 Å². The van der Waals surface area contributed by atoms with Gasteiger partial charge in [0.05, 0.1) is 11.3 Å². The van der Waals surface area contributed by atoms with E-state index in [1.807, 2.05) is 0 Å². The number of amides is 1. The zero-order valence-corrected chi connectivity index (χ0v) is 12.1. The van der Waals surface area contributed by atoms with Gasteiger partial charge in [0, 0.05) is 25.1 Å². The Hall–Kier alpha value is -2.21. The normalized spacial score (nSPS) is 10.3. The third-order valence-corrected chi connectivity index (χ3v) is 3.17. The highest BCUT2D eigenvalue weighted by Crippen LogP contribution is 2.14. The Labute approximate surface area is 127 Å². The first kappa shape index (κ1) is 15.2. The van der Waals surface area contributed by atoms with E-state index in [1.165, 1.54) is 17.2 Å². The molecule has 2 aromatic rings. The fourth-order valence-electron chi connectivity index (χ4n) is 1.89. The molecule has 0 radical (unpaired) electrons. The quantitative estimate of drug-likeness (QED) is 0.834. The van der Waals surface area contributed by atoms with Gasteiger partial charge in [0.2, 0.25) is 0 Å². The molecule has 2 rings (SSSR count). The molecule has 2 N–H and O–H groups in total. The van der Waals surface area contributed by atoms with E-state index in [4.69, 9.17) is 22.4 Å². The van der Waals surface area contributed by atoms with Crippen LogP contribution in [0.3, 0.4) is 0 Å². The van der Waals surface area contributed by atoms with Crippen molar-refractivity contribution in [2.45, 2.75) is 13.0 Å². The van der Waals surface area contributed by atoms with Crippen LogP contribution >= 0.6 is 12.2 Å². The van der Waals surface area contributed by atoms with Gasteiger partial charge < -0.3 is 15.1 Å². The van der Waals surface area contributed by atoms with Crippen molar-refractivity contribution < 1.29 is 13.6 Å². The van der Waals surface area contributed by atoms with E-state index in [1.54, 1.807) is 30.3 Å². The molecular weight excluding hydrogens is 291 g/mol. The molecule has 1 amide bonds. The molecule has 1 heterocycles. The van der Waals surface area contributed by atoms with Crippen molar-refractivity contribution in [3.8, 4) is 0 Å². The molecule has 0 unspecified atom stereocenters. The fourth-order valence-corrected chi connectivity index (χ4v) is 1.98. The molecule has 4 nitrogen and oxygen atoms in total. The second-order valence-electron chi connectivity index (χ2n) is 4.51. The highest BCUT2D eigenvalue weighted by molar-refractivity contribution is 7.80. The molecule has 0 saturated heterocycles. The number of carbonyl (C=O) groups is 1. The molecule has 21 heavy (non-hydrogen) atoms. The number of thiocarbonyl (C=S) groups is 1. The van der Waals surface area contributed by atoms with Crippen molar-refractivity contribution in [2.24, 2.45) is 5.73 Å². The van der Waals surface area contributed by atoms with Crippen molar-refractivity contribution in [2.75, 3.05) is 6.54 Å². The van der Waals surface area contributed by atoms with Crippen LogP contribution in [-0.4, -0.2) is 22.3 Å². The summed E-state index contributed by atoms with van der Waals surface area (Å²) in [5.74, 6) is -0.473. The Balaban J connectivity index is 2.17. The number of hydrogen-bond acceptors (Lipinski definition) is 3. The van der Waals surface area contributed by atoms with Crippen LogP contribution in [0.2, 0.25) is 0 Å². The summed E-state index contributed by atoms with van der Waals surface area (Å²) in [6.07, 6.45) is 1.79. The minimum absolute atomic E-state index is 0.134. The molecule has 0 atom stereocenters. The fraction of sp³-hybridized carbons (Fsp3) is 0.200. The smallest absolute Gasteiger partial charge is 0.289 e. The standard InChI is InChI=1S/C15H15FN2O2S/c16-12-5-2-1-4-11(12)10-18(8-7-14(17)21)15(19)13-6-3-9-20-13/h1-6,9H,7-8,10H2,(H2,17,21). The Kier molecular flexibility index (Phi) is 5.05. The van der Waals surface area contributed by atoms with Crippen molar-refractivity contribution in [1.82, 2.24) is 4.90 Å². The van der Waals surface area contributed by atoms with Gasteiger partial charge in [-0.25, -0.2) is 4.39 Å². The minimum Gasteiger partial charge on any atom is -0.459 e. The van der Waals surface area contributed by atoms with E-state index in [0.29, 0.717) is 23.5 Å². The van der Waals surface area contributed by atoms with Crippen molar-refractivity contribution in [3.05, 3.63) is 59.8 Å². The molecule has 0 aliphatic rings. The van der Waals surface area contributed by atoms with Gasteiger partial charge in [-0.3, -0.25) is 4.79 Å². The lowest BCUT2D eigenvalue weighted by Crippen LogP contribution is -2.33. The average Bonchev–Trinajstić information content (AvgIpc) is 2.98. The molecule has 6 heteroatoms. The average molecular weight is 306 g/mol. The molecule has 0 aliphatic heterocycles. The van der Waals surface area contributed by atoms with Crippen LogP contribution in [0.5, 0.6) is 0 Å². The number of furan rings is 1. The number of halogens is 1. The largest absolute Gasteiger partial charge is 0.459 e. The van der Waals surface area contributed by atoms with Crippen LogP contribution < -0.4 is 5.73 Å². The third kappa shape index (κ3) is 4.13. The Morgan fingerprint density at radius 1 is 1.29 bits per heavy atom. The van der Waals surface area contributed by atoms with Crippen molar-refractivity contribution in [3.63, 3.8) is 0 Å². The Morgan fingerprint density at radius 3 is 2.67 bits per heavy atom. The van der Waals surface area contributed by atoms with Crippen LogP contribution in [0, 0.1) is 5.82 Å². The zero-order valence-electron chi connectivity index (χ0n) is 11.3. The van der Waals surface area contributed by atoms with Crippen LogP contribution in [0.25, 0.3) is 0 Å². The SMILES string of the molecule is NC(=S)CCN(Cc1ccccc1F)C(=O)c1ccco1. The summed E-state index contributed by atoms with van der Waals surface area (Å²) in [5.41, 5.74) is 5.91. The van der Waals surface area contributed by atoms with Gasteiger partial charge in [-0.05, 0) is 18.2 Å². The number of hydrogen-bond donors (Lipinski definition) is 1. The van der Waals surface area contributed by atoms with Gasteiger partial charge in [-0.1, -0.05) is 30.4 Å². The van der Waals surface area contributed by atoms with Gasteiger partial charge in [0.15, 0.2) is 5.76 Å². The number of carbonyl (C=O) groups excluding carboxylic acids is 1. The van der Waals surface area contributed by atoms with Crippen molar-refractivity contribution in [1.29, 1.82) is 0 Å². The summed E-state index contributed by atoms with van der Waals surface area (Å²) < 4.78 is 18.8. The summed E-state index contributed by atoms with van der Waals surface area (Å²) >= 11 is 4.83. The topological polar surface area (TPSA) is 59.5 Å². The second-order valence-corrected chi connectivity index (χ2v) is 5.04. The molecule has 1 aromatic heterocycles. The van der Waals surface area contributed by atoms with Gasteiger partial charge in [-0.2, -0.15) is 0 Å². The van der Waals surface area contributed by atoms with E-state index in [-0.39, 0.29) is 24.0 Å². The molecule has 0 saturated carbocycles. The zero-order chi connectivity index (χ0) is 15.2. The minimum atomic E-state index is -0.356. The van der Waals surface area contributed by atoms with Gasteiger partial charge in [0.25, 0.3) is 5.91 Å². The lowest BCUT2D eigenvalue weighted by molar-refractivity contribution is 0.0714. The number of nitrogens with zero attached hydrogens (tertiary/aromatic N) is 1. The molecule has 1 aromatic carbocycles. The number of nitrogens with two attached hydrogens (primary N) is 1. The Morgan fingerprint density at radius 2 is 2.05 bits per heavy atom. The molecule has 0 fully saturated rings. The molecule has 0 spiro atoms. The third-order valence-electron chi connectivity index (χ3n) is 2.97. The highest BCUT2D eigenvalue weighted by Gasteiger charge is 2.19. The van der Waals surface area contributed by atoms with E-state index < -0.39 is 0 Å². The number of benzene rings is 1. The maximum absolute atomic E-state index is 13.7. The molecule has 0 bridgehead atoms. The monoisotopic (exact) mass is 306 g/mol. The Bertz CT molecular complexity index is 628. The first-order valence-electron chi connectivity index (χ1n) is 6.42. The van der Waals surface area contributed by atoms with Gasteiger partial charge in [0.1, 0.15) is 5.82 Å². The van der Waals surface area contributed by atoms with Crippen LogP contribution in [0.15, 0.2) is 47.1 Å². The summed E-state index contributed by atoms with van der Waals surface area (Å²) in [5, 5.41) is 0. The highest BCUT2D eigenvalue weighted by atomic mass is 32.1. The number of rotatable bonds is 6. The van der Waals surface area contributed by atoms with Gasteiger partial charge in [-0.15, -0.1) is 0 Å². The van der Waals surface area contributed by atoms with E-state index in [9.17, 15) is 9.18 Å².